The summed E-state index contributed by atoms with van der Waals surface area (Å²) in [7, 11) is -3.81. The highest BCUT2D eigenvalue weighted by atomic mass is 32.2. The molecule has 1 aromatic carbocycles. The van der Waals surface area contributed by atoms with Crippen molar-refractivity contribution in [2.75, 3.05) is 53.1 Å². The Morgan fingerprint density at radius 3 is 2.38 bits per heavy atom. The number of alkyl halides is 2. The van der Waals surface area contributed by atoms with Gasteiger partial charge < -0.3 is 14.9 Å². The molecule has 0 aliphatic carbocycles. The fourth-order valence-corrected chi connectivity index (χ4v) is 5.78. The van der Waals surface area contributed by atoms with Gasteiger partial charge in [0, 0.05) is 44.7 Å². The maximum absolute atomic E-state index is 13.7. The van der Waals surface area contributed by atoms with Crippen LogP contribution in [0.5, 0.6) is 0 Å². The number of nitrogens with one attached hydrogen (secondary N) is 1. The molecule has 0 bridgehead atoms. The highest BCUT2D eigenvalue weighted by Crippen LogP contribution is 2.34. The van der Waals surface area contributed by atoms with Gasteiger partial charge in [-0.05, 0) is 49.6 Å². The van der Waals surface area contributed by atoms with Gasteiger partial charge in [-0.15, -0.1) is 5.10 Å². The summed E-state index contributed by atoms with van der Waals surface area (Å²) >= 11 is 0. The SMILES string of the molecule is Cc1cc(-c2cn(-c3ccc(NS(=O)(=O)CCO)cc3N3CCC(=C(F)F)CC3)nn2)nc(N2CCC(F)(F)CC2)n1. The van der Waals surface area contributed by atoms with Crippen LogP contribution < -0.4 is 14.5 Å². The molecule has 2 saturated heterocycles. The second kappa shape index (κ2) is 11.8. The van der Waals surface area contributed by atoms with E-state index >= 15 is 0 Å². The van der Waals surface area contributed by atoms with Crippen molar-refractivity contribution < 1.29 is 31.1 Å². The van der Waals surface area contributed by atoms with Crippen LogP contribution in [-0.4, -0.2) is 82.9 Å². The van der Waals surface area contributed by atoms with Gasteiger partial charge in [-0.1, -0.05) is 5.21 Å². The number of halogens is 4. The number of aromatic nitrogens is 5. The van der Waals surface area contributed by atoms with Crippen molar-refractivity contribution in [3.05, 3.63) is 47.8 Å². The molecule has 226 valence electrons. The third-order valence-corrected chi connectivity index (χ3v) is 8.47. The number of nitrogens with zero attached hydrogens (tertiary/aromatic N) is 7. The van der Waals surface area contributed by atoms with E-state index in [4.69, 9.17) is 5.11 Å². The van der Waals surface area contributed by atoms with E-state index < -0.39 is 34.4 Å². The van der Waals surface area contributed by atoms with Crippen molar-refractivity contribution in [3.63, 3.8) is 0 Å². The van der Waals surface area contributed by atoms with E-state index in [9.17, 15) is 26.0 Å². The van der Waals surface area contributed by atoms with Gasteiger partial charge >= 0.3 is 0 Å². The largest absolute Gasteiger partial charge is 0.395 e. The van der Waals surface area contributed by atoms with E-state index in [1.54, 1.807) is 36.2 Å². The Kier molecular flexibility index (Phi) is 8.37. The molecular formula is C26H30F4N8O3S. The number of rotatable bonds is 8. The van der Waals surface area contributed by atoms with Gasteiger partial charge in [-0.25, -0.2) is 31.8 Å². The average molecular weight is 611 g/mol. The number of aliphatic hydroxyl groups excluding tert-OH is 1. The van der Waals surface area contributed by atoms with Crippen LogP contribution in [0.1, 0.15) is 31.4 Å². The summed E-state index contributed by atoms with van der Waals surface area (Å²) in [6.45, 7) is 2.02. The van der Waals surface area contributed by atoms with Gasteiger partial charge in [0.05, 0.1) is 41.3 Å². The maximum Gasteiger partial charge on any atom is 0.269 e. The highest BCUT2D eigenvalue weighted by Gasteiger charge is 2.35. The van der Waals surface area contributed by atoms with Crippen LogP contribution in [-0.2, 0) is 10.0 Å². The van der Waals surface area contributed by atoms with E-state index in [1.807, 2.05) is 4.90 Å². The molecule has 2 aliphatic rings. The highest BCUT2D eigenvalue weighted by molar-refractivity contribution is 7.92. The zero-order valence-electron chi connectivity index (χ0n) is 22.8. The van der Waals surface area contributed by atoms with Crippen LogP contribution in [0.2, 0.25) is 0 Å². The van der Waals surface area contributed by atoms with E-state index in [0.29, 0.717) is 34.4 Å². The fraction of sp³-hybridized carbons (Fsp3) is 0.462. The van der Waals surface area contributed by atoms with Gasteiger partial charge in [0.2, 0.25) is 16.0 Å². The monoisotopic (exact) mass is 610 g/mol. The van der Waals surface area contributed by atoms with Gasteiger partial charge in [0.1, 0.15) is 5.69 Å². The molecule has 0 amide bonds. The lowest BCUT2D eigenvalue weighted by molar-refractivity contribution is -0.0222. The molecule has 42 heavy (non-hydrogen) atoms. The lowest BCUT2D eigenvalue weighted by atomic mass is 10.0. The average Bonchev–Trinajstić information content (AvgIpc) is 3.43. The lowest BCUT2D eigenvalue weighted by Crippen LogP contribution is -2.40. The summed E-state index contributed by atoms with van der Waals surface area (Å²) in [4.78, 5) is 12.6. The first-order chi connectivity index (χ1) is 19.9. The Balaban J connectivity index is 1.47. The standard InChI is InChI=1S/C26H30F4N8O3S/c1-17-14-20(32-25(31-17)37-10-6-26(29,30)7-11-37)21-16-38(35-33-21)22-3-2-19(34-42(40,41)13-12-39)15-23(22)36-8-4-18(5-9-36)24(27)28/h2-3,14-16,34,39H,4-13H2,1H3. The Morgan fingerprint density at radius 2 is 1.71 bits per heavy atom. The summed E-state index contributed by atoms with van der Waals surface area (Å²) in [6, 6.07) is 6.46. The fourth-order valence-electron chi connectivity index (χ4n) is 4.95. The Morgan fingerprint density at radius 1 is 1.00 bits per heavy atom. The van der Waals surface area contributed by atoms with E-state index in [0.717, 1.165) is 0 Å². The number of anilines is 3. The van der Waals surface area contributed by atoms with Gasteiger partial charge in [0.25, 0.3) is 12.0 Å². The molecular weight excluding hydrogens is 580 g/mol. The predicted molar refractivity (Wildman–Crippen MR) is 149 cm³/mol. The van der Waals surface area contributed by atoms with Gasteiger partial charge in [0.15, 0.2) is 0 Å². The van der Waals surface area contributed by atoms with Crippen molar-refractivity contribution in [2.45, 2.75) is 38.5 Å². The molecule has 2 aromatic heterocycles. The Labute approximate surface area is 239 Å². The molecule has 2 aliphatic heterocycles. The molecule has 0 radical (unpaired) electrons. The molecule has 16 heteroatoms. The summed E-state index contributed by atoms with van der Waals surface area (Å²) in [5.41, 5.74) is 2.86. The predicted octanol–water partition coefficient (Wildman–Crippen LogP) is 3.75. The van der Waals surface area contributed by atoms with Crippen LogP contribution in [0, 0.1) is 6.92 Å². The molecule has 11 nitrogen and oxygen atoms in total. The number of piperidine rings is 2. The van der Waals surface area contributed by atoms with Crippen molar-refractivity contribution >= 4 is 27.3 Å². The molecule has 2 fully saturated rings. The van der Waals surface area contributed by atoms with Crippen molar-refractivity contribution in [2.24, 2.45) is 0 Å². The van der Waals surface area contributed by atoms with Crippen LogP contribution >= 0.6 is 0 Å². The van der Waals surface area contributed by atoms with Crippen molar-refractivity contribution in [3.8, 4) is 17.1 Å². The summed E-state index contributed by atoms with van der Waals surface area (Å²) in [5, 5.41) is 17.6. The van der Waals surface area contributed by atoms with Crippen LogP contribution in [0.15, 0.2) is 42.1 Å². The number of aliphatic hydroxyl groups is 1. The normalized spacial score (nSPS) is 17.4. The van der Waals surface area contributed by atoms with E-state index in [2.05, 4.69) is 25.0 Å². The number of benzene rings is 1. The molecule has 0 unspecified atom stereocenters. The third-order valence-electron chi connectivity index (χ3n) is 7.21. The molecule has 4 heterocycles. The zero-order chi connectivity index (χ0) is 30.1. The molecule has 0 spiro atoms. The zero-order valence-corrected chi connectivity index (χ0v) is 23.6. The quantitative estimate of drug-likeness (QED) is 0.367. The minimum atomic E-state index is -3.81. The van der Waals surface area contributed by atoms with E-state index in [1.165, 1.54) is 10.7 Å². The van der Waals surface area contributed by atoms with Crippen LogP contribution in [0.3, 0.4) is 0 Å². The lowest BCUT2D eigenvalue weighted by Gasteiger charge is -2.32. The maximum atomic E-state index is 13.7. The Hall–Kier alpha value is -3.79. The smallest absolute Gasteiger partial charge is 0.269 e. The molecule has 3 aromatic rings. The van der Waals surface area contributed by atoms with Crippen molar-refractivity contribution in [1.82, 2.24) is 25.0 Å². The van der Waals surface area contributed by atoms with Crippen LogP contribution in [0.25, 0.3) is 17.1 Å². The first-order valence-electron chi connectivity index (χ1n) is 13.4. The number of sulfonamides is 1. The first kappa shape index (κ1) is 29.7. The van der Waals surface area contributed by atoms with E-state index in [-0.39, 0.29) is 63.1 Å². The minimum absolute atomic E-state index is 0.0861. The molecule has 5 rings (SSSR count). The first-order valence-corrected chi connectivity index (χ1v) is 15.0. The number of aryl methyl sites for hydroxylation is 1. The number of hydrogen-bond donors (Lipinski definition) is 2. The van der Waals surface area contributed by atoms with Crippen LogP contribution in [0.4, 0.5) is 34.9 Å². The minimum Gasteiger partial charge on any atom is -0.395 e. The second-order valence-corrected chi connectivity index (χ2v) is 12.1. The molecule has 0 saturated carbocycles. The third kappa shape index (κ3) is 6.81. The van der Waals surface area contributed by atoms with Crippen molar-refractivity contribution in [1.29, 1.82) is 0 Å². The van der Waals surface area contributed by atoms with Gasteiger partial charge in [-0.3, -0.25) is 4.72 Å². The summed E-state index contributed by atoms with van der Waals surface area (Å²) in [5.74, 6) is -2.86. The molecule has 0 atom stereocenters. The Bertz CT molecular complexity index is 1570. The van der Waals surface area contributed by atoms with Gasteiger partial charge in [-0.2, -0.15) is 8.78 Å². The summed E-state index contributed by atoms with van der Waals surface area (Å²) < 4.78 is 82.2. The summed E-state index contributed by atoms with van der Waals surface area (Å²) in [6.07, 6.45) is -0.320. The number of hydrogen-bond acceptors (Lipinski definition) is 9. The second-order valence-electron chi connectivity index (χ2n) is 10.3. The molecule has 2 N–H and O–H groups in total. The topological polar surface area (TPSA) is 129 Å².